The van der Waals surface area contributed by atoms with E-state index in [1.165, 1.54) is 4.90 Å². The van der Waals surface area contributed by atoms with Crippen molar-refractivity contribution in [2.45, 2.75) is 51.5 Å². The van der Waals surface area contributed by atoms with Gasteiger partial charge < -0.3 is 20.2 Å². The van der Waals surface area contributed by atoms with Gasteiger partial charge in [0.05, 0.1) is 18.8 Å². The molecule has 0 bridgehead atoms. The Morgan fingerprint density at radius 1 is 1.13 bits per heavy atom. The van der Waals surface area contributed by atoms with Crippen molar-refractivity contribution in [2.24, 2.45) is 0 Å². The van der Waals surface area contributed by atoms with Crippen molar-refractivity contribution in [1.82, 2.24) is 4.90 Å². The van der Waals surface area contributed by atoms with E-state index in [9.17, 15) is 20.1 Å². The largest absolute Gasteiger partial charge is 0.507 e. The van der Waals surface area contributed by atoms with Crippen LogP contribution >= 0.6 is 0 Å². The van der Waals surface area contributed by atoms with E-state index >= 15 is 0 Å². The summed E-state index contributed by atoms with van der Waals surface area (Å²) in [4.78, 5) is 13.7. The van der Waals surface area contributed by atoms with E-state index in [0.29, 0.717) is 6.42 Å². The molecule has 0 aliphatic rings. The van der Waals surface area contributed by atoms with Crippen LogP contribution in [0.25, 0.3) is 0 Å². The Balaban J connectivity index is 2.85. The maximum absolute atomic E-state index is 12.3. The van der Waals surface area contributed by atoms with Gasteiger partial charge >= 0.3 is 0 Å². The van der Waals surface area contributed by atoms with Crippen LogP contribution in [0.5, 0.6) is 5.75 Å². The molecule has 1 rings (SSSR count). The van der Waals surface area contributed by atoms with Crippen molar-refractivity contribution in [3.05, 3.63) is 29.3 Å². The van der Waals surface area contributed by atoms with Gasteiger partial charge in [0.1, 0.15) is 5.75 Å². The number of phenolic OH excluding ortho intramolecular Hbond substituents is 1. The number of aromatic hydroxyl groups is 1. The number of carbonyl (C=O) groups excluding carboxylic acids is 1. The summed E-state index contributed by atoms with van der Waals surface area (Å²) in [6, 6.07) is 5.59. The number of amides is 1. The van der Waals surface area contributed by atoms with Gasteiger partial charge in [-0.1, -0.05) is 39.0 Å². The van der Waals surface area contributed by atoms with Gasteiger partial charge in [-0.3, -0.25) is 4.79 Å². The molecular weight excluding hydrogens is 294 g/mol. The van der Waals surface area contributed by atoms with Gasteiger partial charge in [-0.05, 0) is 29.9 Å². The number of carbonyl (C=O) groups is 1. The van der Waals surface area contributed by atoms with E-state index in [-0.39, 0.29) is 36.7 Å². The van der Waals surface area contributed by atoms with Crippen molar-refractivity contribution in [2.75, 3.05) is 20.3 Å². The van der Waals surface area contributed by atoms with Crippen molar-refractivity contribution >= 4 is 5.91 Å². The highest BCUT2D eigenvalue weighted by atomic mass is 16.3. The molecule has 0 unspecified atom stereocenters. The Morgan fingerprint density at radius 3 is 2.17 bits per heavy atom. The minimum atomic E-state index is -0.980. The Labute approximate surface area is 138 Å². The highest BCUT2D eigenvalue weighted by Gasteiger charge is 2.31. The number of aliphatic hydroxyl groups is 2. The van der Waals surface area contributed by atoms with Crippen LogP contribution in [0.2, 0.25) is 0 Å². The van der Waals surface area contributed by atoms with Crippen molar-refractivity contribution in [1.29, 1.82) is 0 Å². The number of hydrogen-bond donors (Lipinski definition) is 3. The molecular formula is C18H29NO4. The molecule has 0 saturated heterocycles. The van der Waals surface area contributed by atoms with Crippen LogP contribution in [-0.2, 0) is 16.6 Å². The topological polar surface area (TPSA) is 81.0 Å². The third-order valence-electron chi connectivity index (χ3n) is 4.40. The average Bonchev–Trinajstić information content (AvgIpc) is 2.50. The maximum atomic E-state index is 12.3. The molecule has 0 aliphatic carbocycles. The Kier molecular flexibility index (Phi) is 6.19. The lowest BCUT2D eigenvalue weighted by Gasteiger charge is -2.35. The lowest BCUT2D eigenvalue weighted by atomic mass is 9.84. The van der Waals surface area contributed by atoms with E-state index in [4.69, 9.17) is 0 Å². The number of benzene rings is 1. The molecule has 1 aromatic rings. The first-order valence-electron chi connectivity index (χ1n) is 7.86. The second-order valence-electron chi connectivity index (χ2n) is 7.33. The maximum Gasteiger partial charge on any atom is 0.223 e. The zero-order valence-electron chi connectivity index (χ0n) is 14.8. The normalized spacial score (nSPS) is 12.3. The molecule has 0 fully saturated rings. The molecule has 0 heterocycles. The number of likely N-dealkylation sites (N-methyl/N-ethyl adjacent to an activating group) is 1. The van der Waals surface area contributed by atoms with Gasteiger partial charge in [0, 0.05) is 13.5 Å². The standard InChI is InChI=1S/C18H29NO4/c1-17(2,3)14-8-6-7-13(16(14)23)9-10-15(22)19(5)18(4,11-20)12-21/h6-8,20-21,23H,9-12H2,1-5H3. The SMILES string of the molecule is CN(C(=O)CCc1cccc(C(C)(C)C)c1O)C(C)(CO)CO. The minimum absolute atomic E-state index is 0.173. The first kappa shape index (κ1) is 19.5. The number of nitrogens with zero attached hydrogens (tertiary/aromatic N) is 1. The van der Waals surface area contributed by atoms with Gasteiger partial charge in [0.15, 0.2) is 0 Å². The smallest absolute Gasteiger partial charge is 0.223 e. The summed E-state index contributed by atoms with van der Waals surface area (Å²) in [5.74, 6) is 0.0543. The van der Waals surface area contributed by atoms with E-state index in [0.717, 1.165) is 11.1 Å². The van der Waals surface area contributed by atoms with E-state index in [1.807, 2.05) is 39.0 Å². The quantitative estimate of drug-likeness (QED) is 0.746. The lowest BCUT2D eigenvalue weighted by molar-refractivity contribution is -0.138. The third-order valence-corrected chi connectivity index (χ3v) is 4.40. The number of para-hydroxylation sites is 1. The van der Waals surface area contributed by atoms with Gasteiger partial charge in [-0.2, -0.15) is 0 Å². The average molecular weight is 323 g/mol. The van der Waals surface area contributed by atoms with Crippen LogP contribution < -0.4 is 0 Å². The summed E-state index contributed by atoms with van der Waals surface area (Å²) < 4.78 is 0. The van der Waals surface area contributed by atoms with Crippen molar-refractivity contribution in [3.8, 4) is 5.75 Å². The van der Waals surface area contributed by atoms with E-state index in [2.05, 4.69) is 0 Å². The molecule has 23 heavy (non-hydrogen) atoms. The molecule has 1 amide bonds. The van der Waals surface area contributed by atoms with Crippen LogP contribution in [0.4, 0.5) is 0 Å². The molecule has 130 valence electrons. The molecule has 0 aliphatic heterocycles. The highest BCUT2D eigenvalue weighted by molar-refractivity contribution is 5.77. The molecule has 0 spiro atoms. The summed E-state index contributed by atoms with van der Waals surface area (Å²) in [5, 5.41) is 29.2. The predicted octanol–water partition coefficient (Wildman–Crippen LogP) is 1.82. The Hall–Kier alpha value is -1.59. The molecule has 0 aromatic heterocycles. The first-order chi connectivity index (χ1) is 10.6. The van der Waals surface area contributed by atoms with Gasteiger partial charge in [0.2, 0.25) is 5.91 Å². The second-order valence-corrected chi connectivity index (χ2v) is 7.33. The zero-order chi connectivity index (χ0) is 17.8. The fraction of sp³-hybridized carbons (Fsp3) is 0.611. The second kappa shape index (κ2) is 7.32. The molecule has 3 N–H and O–H groups in total. The highest BCUT2D eigenvalue weighted by Crippen LogP contribution is 2.33. The Morgan fingerprint density at radius 2 is 1.70 bits per heavy atom. The third kappa shape index (κ3) is 4.45. The zero-order valence-corrected chi connectivity index (χ0v) is 14.8. The lowest BCUT2D eigenvalue weighted by Crippen LogP contribution is -2.52. The molecule has 5 nitrogen and oxygen atoms in total. The minimum Gasteiger partial charge on any atom is -0.507 e. The monoisotopic (exact) mass is 323 g/mol. The summed E-state index contributed by atoms with van der Waals surface area (Å²) in [5.41, 5.74) is 0.430. The van der Waals surface area contributed by atoms with Crippen molar-refractivity contribution < 1.29 is 20.1 Å². The van der Waals surface area contributed by atoms with Crippen LogP contribution in [-0.4, -0.2) is 51.9 Å². The van der Waals surface area contributed by atoms with Crippen LogP contribution in [0, 0.1) is 0 Å². The van der Waals surface area contributed by atoms with Crippen molar-refractivity contribution in [3.63, 3.8) is 0 Å². The first-order valence-corrected chi connectivity index (χ1v) is 7.86. The molecule has 1 aromatic carbocycles. The number of rotatable bonds is 6. The molecule has 0 atom stereocenters. The summed E-state index contributed by atoms with van der Waals surface area (Å²) in [7, 11) is 1.57. The van der Waals surface area contributed by atoms with Crippen LogP contribution in [0.3, 0.4) is 0 Å². The van der Waals surface area contributed by atoms with Crippen LogP contribution in [0.1, 0.15) is 45.2 Å². The number of hydrogen-bond acceptors (Lipinski definition) is 4. The number of aryl methyl sites for hydroxylation is 1. The molecule has 0 radical (unpaired) electrons. The summed E-state index contributed by atoms with van der Waals surface area (Å²) >= 11 is 0. The van der Waals surface area contributed by atoms with Gasteiger partial charge in [0.25, 0.3) is 0 Å². The predicted molar refractivity (Wildman–Crippen MR) is 90.5 cm³/mol. The Bertz CT molecular complexity index is 544. The van der Waals surface area contributed by atoms with Gasteiger partial charge in [-0.15, -0.1) is 0 Å². The fourth-order valence-electron chi connectivity index (χ4n) is 2.37. The fourth-order valence-corrected chi connectivity index (χ4v) is 2.37. The van der Waals surface area contributed by atoms with Gasteiger partial charge in [-0.25, -0.2) is 0 Å². The van der Waals surface area contributed by atoms with E-state index in [1.54, 1.807) is 14.0 Å². The van der Waals surface area contributed by atoms with Crippen LogP contribution in [0.15, 0.2) is 18.2 Å². The summed E-state index contributed by atoms with van der Waals surface area (Å²) in [6.45, 7) is 7.09. The molecule has 5 heteroatoms. The number of aliphatic hydroxyl groups excluding tert-OH is 2. The summed E-state index contributed by atoms with van der Waals surface area (Å²) in [6.07, 6.45) is 0.610. The number of phenols is 1. The molecule has 0 saturated carbocycles. The van der Waals surface area contributed by atoms with E-state index < -0.39 is 5.54 Å².